The summed E-state index contributed by atoms with van der Waals surface area (Å²) >= 11 is 0. The van der Waals surface area contributed by atoms with E-state index in [-0.39, 0.29) is 5.91 Å². The predicted molar refractivity (Wildman–Crippen MR) is 67.6 cm³/mol. The van der Waals surface area contributed by atoms with Crippen LogP contribution >= 0.6 is 0 Å². The number of primary amides is 1. The lowest BCUT2D eigenvalue weighted by Gasteiger charge is -2.12. The Hall–Kier alpha value is -1.51. The Morgan fingerprint density at radius 2 is 2.19 bits per heavy atom. The fourth-order valence-corrected chi connectivity index (χ4v) is 1.43. The normalized spacial score (nSPS) is 12.2. The number of hydrogen-bond donors (Lipinski definition) is 2. The number of rotatable bonds is 5. The predicted octanol–water partition coefficient (Wildman–Crippen LogP) is 2.55. The summed E-state index contributed by atoms with van der Waals surface area (Å²) in [4.78, 5) is 11.2. The molecule has 1 unspecified atom stereocenters. The van der Waals surface area contributed by atoms with Gasteiger partial charge >= 0.3 is 0 Å². The summed E-state index contributed by atoms with van der Waals surface area (Å²) < 4.78 is 0. The van der Waals surface area contributed by atoms with E-state index in [9.17, 15) is 4.79 Å². The van der Waals surface area contributed by atoms with Crippen LogP contribution in [0.2, 0.25) is 0 Å². The van der Waals surface area contributed by atoms with Crippen LogP contribution in [0, 0.1) is 12.8 Å². The summed E-state index contributed by atoms with van der Waals surface area (Å²) in [6.07, 6.45) is 1.14. The number of aryl methyl sites for hydroxylation is 1. The Morgan fingerprint density at radius 3 is 2.75 bits per heavy atom. The van der Waals surface area contributed by atoms with E-state index in [1.54, 1.807) is 0 Å². The molecule has 0 saturated carbocycles. The van der Waals surface area contributed by atoms with E-state index in [1.807, 2.05) is 25.1 Å². The third-order valence-electron chi connectivity index (χ3n) is 2.85. The van der Waals surface area contributed by atoms with E-state index in [2.05, 4.69) is 19.2 Å². The zero-order valence-electron chi connectivity index (χ0n) is 10.2. The Kier molecular flexibility index (Phi) is 4.35. The van der Waals surface area contributed by atoms with Gasteiger partial charge in [-0.05, 0) is 30.5 Å². The molecule has 0 bridgehead atoms. The Morgan fingerprint density at radius 1 is 1.50 bits per heavy atom. The van der Waals surface area contributed by atoms with Gasteiger partial charge in [0.25, 0.3) is 0 Å². The lowest BCUT2D eigenvalue weighted by molar-refractivity contribution is 0.1000. The van der Waals surface area contributed by atoms with Gasteiger partial charge in [-0.1, -0.05) is 26.3 Å². The molecule has 0 spiro atoms. The maximum Gasteiger partial charge on any atom is 0.249 e. The SMILES string of the molecule is CCC(C)CNc1ccc(C)c(C(N)=O)c1. The number of carbonyl (C=O) groups is 1. The van der Waals surface area contributed by atoms with E-state index in [1.165, 1.54) is 0 Å². The van der Waals surface area contributed by atoms with E-state index in [0.717, 1.165) is 24.2 Å². The van der Waals surface area contributed by atoms with Crippen LogP contribution < -0.4 is 11.1 Å². The molecule has 0 saturated heterocycles. The molecule has 3 nitrogen and oxygen atoms in total. The molecule has 0 aliphatic rings. The van der Waals surface area contributed by atoms with Crippen molar-refractivity contribution in [2.75, 3.05) is 11.9 Å². The second-order valence-electron chi connectivity index (χ2n) is 4.29. The highest BCUT2D eigenvalue weighted by Gasteiger charge is 2.06. The first-order valence-corrected chi connectivity index (χ1v) is 5.69. The van der Waals surface area contributed by atoms with Crippen molar-refractivity contribution in [2.24, 2.45) is 11.7 Å². The molecule has 3 heteroatoms. The highest BCUT2D eigenvalue weighted by atomic mass is 16.1. The second-order valence-corrected chi connectivity index (χ2v) is 4.29. The average Bonchev–Trinajstić information content (AvgIpc) is 2.27. The highest BCUT2D eigenvalue weighted by molar-refractivity contribution is 5.95. The summed E-state index contributed by atoms with van der Waals surface area (Å²) in [6, 6.07) is 5.71. The first-order valence-electron chi connectivity index (χ1n) is 5.69. The minimum absolute atomic E-state index is 0.371. The van der Waals surface area contributed by atoms with E-state index >= 15 is 0 Å². The maximum absolute atomic E-state index is 11.2. The number of amides is 1. The topological polar surface area (TPSA) is 55.1 Å². The molecule has 0 aliphatic carbocycles. The quantitative estimate of drug-likeness (QED) is 0.801. The number of nitrogens with one attached hydrogen (secondary N) is 1. The Bertz CT molecular complexity index is 374. The van der Waals surface area contributed by atoms with Crippen LogP contribution in [0.1, 0.15) is 36.2 Å². The number of carbonyl (C=O) groups excluding carboxylic acids is 1. The van der Waals surface area contributed by atoms with E-state index < -0.39 is 0 Å². The second kappa shape index (κ2) is 5.54. The van der Waals surface area contributed by atoms with Gasteiger partial charge < -0.3 is 11.1 Å². The summed E-state index contributed by atoms with van der Waals surface area (Å²) in [5.74, 6) is 0.253. The molecule has 88 valence electrons. The minimum Gasteiger partial charge on any atom is -0.385 e. The third kappa shape index (κ3) is 3.26. The van der Waals surface area contributed by atoms with Gasteiger partial charge in [0, 0.05) is 17.8 Å². The van der Waals surface area contributed by atoms with Crippen molar-refractivity contribution >= 4 is 11.6 Å². The van der Waals surface area contributed by atoms with Crippen LogP contribution in [0.15, 0.2) is 18.2 Å². The average molecular weight is 220 g/mol. The molecule has 0 radical (unpaired) electrons. The standard InChI is InChI=1S/C13H20N2O/c1-4-9(2)8-15-11-6-5-10(3)12(7-11)13(14)16/h5-7,9,15H,4,8H2,1-3H3,(H2,14,16). The summed E-state index contributed by atoms with van der Waals surface area (Å²) in [6.45, 7) is 7.16. The smallest absolute Gasteiger partial charge is 0.249 e. The van der Waals surface area contributed by atoms with Crippen molar-refractivity contribution in [3.8, 4) is 0 Å². The fraction of sp³-hybridized carbons (Fsp3) is 0.462. The monoisotopic (exact) mass is 220 g/mol. The van der Waals surface area contributed by atoms with Crippen molar-refractivity contribution in [3.05, 3.63) is 29.3 Å². The third-order valence-corrected chi connectivity index (χ3v) is 2.85. The van der Waals surface area contributed by atoms with E-state index in [4.69, 9.17) is 5.73 Å². The van der Waals surface area contributed by atoms with Crippen molar-refractivity contribution in [1.29, 1.82) is 0 Å². The molecule has 0 aliphatic heterocycles. The van der Waals surface area contributed by atoms with Crippen molar-refractivity contribution in [2.45, 2.75) is 27.2 Å². The number of benzene rings is 1. The molecule has 1 aromatic rings. The van der Waals surface area contributed by atoms with Crippen LogP contribution in [0.4, 0.5) is 5.69 Å². The minimum atomic E-state index is -0.371. The molecule has 16 heavy (non-hydrogen) atoms. The van der Waals surface area contributed by atoms with E-state index in [0.29, 0.717) is 11.5 Å². The van der Waals surface area contributed by atoms with Gasteiger partial charge in [0.05, 0.1) is 0 Å². The molecule has 1 amide bonds. The number of hydrogen-bond acceptors (Lipinski definition) is 2. The van der Waals surface area contributed by atoms with Gasteiger partial charge in [-0.25, -0.2) is 0 Å². The molecule has 1 atom stereocenters. The fourth-order valence-electron chi connectivity index (χ4n) is 1.43. The lowest BCUT2D eigenvalue weighted by Crippen LogP contribution is -2.14. The Balaban J connectivity index is 2.75. The van der Waals surface area contributed by atoms with Gasteiger partial charge in [-0.15, -0.1) is 0 Å². The van der Waals surface area contributed by atoms with Crippen LogP contribution in [0.25, 0.3) is 0 Å². The maximum atomic E-state index is 11.2. The largest absolute Gasteiger partial charge is 0.385 e. The first-order chi connectivity index (χ1) is 7.54. The van der Waals surface area contributed by atoms with Gasteiger partial charge in [0.1, 0.15) is 0 Å². The van der Waals surface area contributed by atoms with Gasteiger partial charge in [0.2, 0.25) is 5.91 Å². The first kappa shape index (κ1) is 12.6. The molecule has 3 N–H and O–H groups in total. The zero-order chi connectivity index (χ0) is 12.1. The summed E-state index contributed by atoms with van der Waals surface area (Å²) in [5.41, 5.74) is 7.77. The van der Waals surface area contributed by atoms with Crippen LogP contribution in [-0.4, -0.2) is 12.5 Å². The number of nitrogens with two attached hydrogens (primary N) is 1. The van der Waals surface area contributed by atoms with Gasteiger partial charge in [-0.2, -0.15) is 0 Å². The Labute approximate surface area is 97.0 Å². The van der Waals surface area contributed by atoms with Crippen LogP contribution in [-0.2, 0) is 0 Å². The van der Waals surface area contributed by atoms with Crippen molar-refractivity contribution in [3.63, 3.8) is 0 Å². The van der Waals surface area contributed by atoms with Crippen molar-refractivity contribution < 1.29 is 4.79 Å². The molecular formula is C13H20N2O. The molecule has 0 aromatic heterocycles. The molecule has 1 rings (SSSR count). The summed E-state index contributed by atoms with van der Waals surface area (Å²) in [7, 11) is 0. The van der Waals surface area contributed by atoms with Crippen molar-refractivity contribution in [1.82, 2.24) is 0 Å². The molecule has 0 fully saturated rings. The van der Waals surface area contributed by atoms with Gasteiger partial charge in [-0.3, -0.25) is 4.79 Å². The lowest BCUT2D eigenvalue weighted by atomic mass is 10.1. The highest BCUT2D eigenvalue weighted by Crippen LogP contribution is 2.15. The van der Waals surface area contributed by atoms with Gasteiger partial charge in [0.15, 0.2) is 0 Å². The van der Waals surface area contributed by atoms with Crippen LogP contribution in [0.3, 0.4) is 0 Å². The van der Waals surface area contributed by atoms with Crippen LogP contribution in [0.5, 0.6) is 0 Å². The molecule has 0 heterocycles. The zero-order valence-corrected chi connectivity index (χ0v) is 10.2. The molecular weight excluding hydrogens is 200 g/mol. The number of anilines is 1. The molecule has 1 aromatic carbocycles. The summed E-state index contributed by atoms with van der Waals surface area (Å²) in [5, 5.41) is 3.31.